The number of halogens is 2. The minimum absolute atomic E-state index is 0. The number of anilines is 1. The van der Waals surface area contributed by atoms with Crippen LogP contribution in [0.4, 0.5) is 5.69 Å². The molecule has 3 rings (SSSR count). The number of hydrogen-bond acceptors (Lipinski definition) is 2. The van der Waals surface area contributed by atoms with Gasteiger partial charge in [-0.2, -0.15) is 0 Å². The number of rotatable bonds is 1. The van der Waals surface area contributed by atoms with E-state index >= 15 is 0 Å². The summed E-state index contributed by atoms with van der Waals surface area (Å²) in [7, 11) is 0. The molecule has 1 heterocycles. The molecule has 0 atom stereocenters. The van der Waals surface area contributed by atoms with Crippen molar-refractivity contribution in [2.45, 2.75) is 38.1 Å². The Morgan fingerprint density at radius 1 is 1.11 bits per heavy atom. The van der Waals surface area contributed by atoms with E-state index in [1.165, 1.54) is 37.6 Å². The first-order valence-electron chi connectivity index (χ1n) is 6.07. The Morgan fingerprint density at radius 2 is 1.83 bits per heavy atom. The molecule has 1 saturated carbocycles. The molecule has 2 N–H and O–H groups in total. The molecule has 1 aliphatic rings. The quantitative estimate of drug-likeness (QED) is 0.807. The van der Waals surface area contributed by atoms with Gasteiger partial charge in [-0.1, -0.05) is 19.3 Å². The Labute approximate surface area is 120 Å². The van der Waals surface area contributed by atoms with Gasteiger partial charge < -0.3 is 10.3 Å². The summed E-state index contributed by atoms with van der Waals surface area (Å²) in [6.45, 7) is 0. The van der Waals surface area contributed by atoms with Crippen LogP contribution in [0, 0.1) is 0 Å². The molecule has 100 valence electrons. The van der Waals surface area contributed by atoms with Gasteiger partial charge in [-0.05, 0) is 31.0 Å². The molecule has 0 amide bonds. The first kappa shape index (κ1) is 15.1. The van der Waals surface area contributed by atoms with Crippen molar-refractivity contribution >= 4 is 41.5 Å². The van der Waals surface area contributed by atoms with Crippen LogP contribution in [-0.2, 0) is 0 Å². The van der Waals surface area contributed by atoms with E-state index in [4.69, 9.17) is 5.73 Å². The van der Waals surface area contributed by atoms with Crippen molar-refractivity contribution in [2.75, 3.05) is 5.73 Å². The molecule has 0 spiro atoms. The highest BCUT2D eigenvalue weighted by atomic mass is 35.5. The summed E-state index contributed by atoms with van der Waals surface area (Å²) >= 11 is 0. The third kappa shape index (κ3) is 2.73. The van der Waals surface area contributed by atoms with E-state index in [1.54, 1.807) is 0 Å². The standard InChI is InChI=1S/C13H17N3.2ClH/c14-10-6-7-13-12(8-10)15-9-16(13)11-4-2-1-3-5-11;;/h6-9,11H,1-5,14H2;2*1H. The maximum Gasteiger partial charge on any atom is 0.0960 e. The molecule has 2 aromatic rings. The molecule has 0 radical (unpaired) electrons. The molecular formula is C13H19Cl2N3. The van der Waals surface area contributed by atoms with E-state index in [1.807, 2.05) is 18.5 Å². The molecule has 1 aromatic heterocycles. The summed E-state index contributed by atoms with van der Waals surface area (Å²) in [5.74, 6) is 0. The SMILES string of the molecule is Cl.Cl.Nc1ccc2c(c1)ncn2C1CCCCC1. The third-order valence-electron chi connectivity index (χ3n) is 3.57. The predicted molar refractivity (Wildman–Crippen MR) is 80.8 cm³/mol. The molecule has 1 aliphatic carbocycles. The Kier molecular flexibility index (Phi) is 5.29. The van der Waals surface area contributed by atoms with Crippen LogP contribution in [0.25, 0.3) is 11.0 Å². The highest BCUT2D eigenvalue weighted by Crippen LogP contribution is 2.30. The molecule has 0 aliphatic heterocycles. The number of nitrogens with two attached hydrogens (primary N) is 1. The fourth-order valence-corrected chi connectivity index (χ4v) is 2.70. The van der Waals surface area contributed by atoms with Gasteiger partial charge in [0.15, 0.2) is 0 Å². The Hall–Kier alpha value is -0.930. The van der Waals surface area contributed by atoms with Crippen molar-refractivity contribution in [3.05, 3.63) is 24.5 Å². The average Bonchev–Trinajstić information content (AvgIpc) is 2.73. The molecule has 18 heavy (non-hydrogen) atoms. The average molecular weight is 288 g/mol. The van der Waals surface area contributed by atoms with Crippen LogP contribution in [-0.4, -0.2) is 9.55 Å². The van der Waals surface area contributed by atoms with E-state index < -0.39 is 0 Å². The zero-order valence-electron chi connectivity index (χ0n) is 10.2. The Bertz CT molecular complexity index is 504. The topological polar surface area (TPSA) is 43.8 Å². The molecule has 5 heteroatoms. The minimum Gasteiger partial charge on any atom is -0.399 e. The number of nitrogen functional groups attached to an aromatic ring is 1. The highest BCUT2D eigenvalue weighted by molar-refractivity contribution is 5.85. The molecule has 0 bridgehead atoms. The molecule has 0 unspecified atom stereocenters. The summed E-state index contributed by atoms with van der Waals surface area (Å²) in [5, 5.41) is 0. The monoisotopic (exact) mass is 287 g/mol. The van der Waals surface area contributed by atoms with Crippen LogP contribution in [0.5, 0.6) is 0 Å². The lowest BCUT2D eigenvalue weighted by Gasteiger charge is -2.23. The van der Waals surface area contributed by atoms with Crippen LogP contribution in [0.15, 0.2) is 24.5 Å². The molecular weight excluding hydrogens is 269 g/mol. The second-order valence-corrected chi connectivity index (χ2v) is 4.69. The molecule has 3 nitrogen and oxygen atoms in total. The number of fused-ring (bicyclic) bond motifs is 1. The van der Waals surface area contributed by atoms with Gasteiger partial charge in [0, 0.05) is 11.7 Å². The van der Waals surface area contributed by atoms with Crippen LogP contribution in [0.3, 0.4) is 0 Å². The number of aromatic nitrogens is 2. The second-order valence-electron chi connectivity index (χ2n) is 4.69. The van der Waals surface area contributed by atoms with Crippen LogP contribution in [0.1, 0.15) is 38.1 Å². The normalized spacial score (nSPS) is 16.0. The van der Waals surface area contributed by atoms with E-state index in [0.29, 0.717) is 6.04 Å². The first-order valence-corrected chi connectivity index (χ1v) is 6.07. The van der Waals surface area contributed by atoms with E-state index in [9.17, 15) is 0 Å². The van der Waals surface area contributed by atoms with Crippen LogP contribution < -0.4 is 5.73 Å². The summed E-state index contributed by atoms with van der Waals surface area (Å²) in [6, 6.07) is 6.65. The zero-order chi connectivity index (χ0) is 11.0. The van der Waals surface area contributed by atoms with Gasteiger partial charge in [-0.3, -0.25) is 0 Å². The maximum atomic E-state index is 5.76. The Morgan fingerprint density at radius 3 is 2.56 bits per heavy atom. The van der Waals surface area contributed by atoms with Gasteiger partial charge >= 0.3 is 0 Å². The summed E-state index contributed by atoms with van der Waals surface area (Å²) < 4.78 is 2.33. The molecule has 1 aromatic carbocycles. The van der Waals surface area contributed by atoms with Crippen molar-refractivity contribution in [1.29, 1.82) is 0 Å². The highest BCUT2D eigenvalue weighted by Gasteiger charge is 2.16. The van der Waals surface area contributed by atoms with Crippen LogP contribution in [0.2, 0.25) is 0 Å². The summed E-state index contributed by atoms with van der Waals surface area (Å²) in [4.78, 5) is 4.44. The van der Waals surface area contributed by atoms with Gasteiger partial charge in [0.1, 0.15) is 0 Å². The third-order valence-corrected chi connectivity index (χ3v) is 3.57. The van der Waals surface area contributed by atoms with Gasteiger partial charge in [0.05, 0.1) is 17.4 Å². The van der Waals surface area contributed by atoms with Crippen molar-refractivity contribution in [3.63, 3.8) is 0 Å². The maximum absolute atomic E-state index is 5.76. The first-order chi connectivity index (χ1) is 7.84. The van der Waals surface area contributed by atoms with Crippen molar-refractivity contribution in [3.8, 4) is 0 Å². The lowest BCUT2D eigenvalue weighted by atomic mass is 9.95. The molecule has 0 saturated heterocycles. The van der Waals surface area contributed by atoms with Crippen molar-refractivity contribution in [1.82, 2.24) is 9.55 Å². The van der Waals surface area contributed by atoms with Crippen LogP contribution >= 0.6 is 24.8 Å². The van der Waals surface area contributed by atoms with E-state index in [-0.39, 0.29) is 24.8 Å². The summed E-state index contributed by atoms with van der Waals surface area (Å²) in [5.41, 5.74) is 8.80. The van der Waals surface area contributed by atoms with Gasteiger partial charge in [-0.25, -0.2) is 4.98 Å². The number of benzene rings is 1. The van der Waals surface area contributed by atoms with Gasteiger partial charge in [-0.15, -0.1) is 24.8 Å². The fraction of sp³-hybridized carbons (Fsp3) is 0.462. The zero-order valence-corrected chi connectivity index (χ0v) is 11.8. The van der Waals surface area contributed by atoms with Gasteiger partial charge in [0.25, 0.3) is 0 Å². The second kappa shape index (κ2) is 6.30. The van der Waals surface area contributed by atoms with E-state index in [0.717, 1.165) is 11.2 Å². The predicted octanol–water partition coefficient (Wildman–Crippen LogP) is 3.97. The largest absolute Gasteiger partial charge is 0.399 e. The van der Waals surface area contributed by atoms with E-state index in [2.05, 4.69) is 15.6 Å². The minimum atomic E-state index is 0. The number of nitrogens with zero attached hydrogens (tertiary/aromatic N) is 2. The smallest absolute Gasteiger partial charge is 0.0960 e. The van der Waals surface area contributed by atoms with Gasteiger partial charge in [0.2, 0.25) is 0 Å². The lowest BCUT2D eigenvalue weighted by Crippen LogP contribution is -2.11. The summed E-state index contributed by atoms with van der Waals surface area (Å²) in [6.07, 6.45) is 8.63. The fourth-order valence-electron chi connectivity index (χ4n) is 2.70. The number of imidazole rings is 1. The molecule has 1 fully saturated rings. The van der Waals surface area contributed by atoms with Crippen molar-refractivity contribution in [2.24, 2.45) is 0 Å². The lowest BCUT2D eigenvalue weighted by molar-refractivity contribution is 0.359. The van der Waals surface area contributed by atoms with Crippen molar-refractivity contribution < 1.29 is 0 Å². The number of hydrogen-bond donors (Lipinski definition) is 1. The Balaban J connectivity index is 0.000000810.